The van der Waals surface area contributed by atoms with E-state index in [2.05, 4.69) is 28.4 Å². The molecule has 0 unspecified atom stereocenters. The highest BCUT2D eigenvalue weighted by Gasteiger charge is 2.30. The second-order valence-corrected chi connectivity index (χ2v) is 6.32. The molecule has 1 saturated carbocycles. The van der Waals surface area contributed by atoms with Gasteiger partial charge in [0, 0.05) is 32.2 Å². The predicted molar refractivity (Wildman–Crippen MR) is 103 cm³/mol. The zero-order chi connectivity index (χ0) is 15.4. The van der Waals surface area contributed by atoms with Crippen LogP contribution in [0, 0.1) is 5.92 Å². The van der Waals surface area contributed by atoms with Crippen molar-refractivity contribution in [3.63, 3.8) is 0 Å². The van der Waals surface area contributed by atoms with E-state index in [-0.39, 0.29) is 24.8 Å². The van der Waals surface area contributed by atoms with Gasteiger partial charge in [-0.25, -0.2) is 0 Å². The Morgan fingerprint density at radius 2 is 1.88 bits per heavy atom. The van der Waals surface area contributed by atoms with Crippen LogP contribution in [0.4, 0.5) is 0 Å². The highest BCUT2D eigenvalue weighted by Crippen LogP contribution is 2.41. The maximum absolute atomic E-state index is 5.77. The molecule has 0 bridgehead atoms. The van der Waals surface area contributed by atoms with Crippen molar-refractivity contribution in [1.29, 1.82) is 0 Å². The summed E-state index contributed by atoms with van der Waals surface area (Å²) in [5, 5.41) is 3.45. The van der Waals surface area contributed by atoms with Crippen LogP contribution in [-0.4, -0.2) is 44.8 Å². The molecule has 24 heavy (non-hydrogen) atoms. The minimum absolute atomic E-state index is 0. The van der Waals surface area contributed by atoms with Crippen LogP contribution in [0.15, 0.2) is 18.2 Å². The fraction of sp³-hybridized carbons (Fsp3) is 0.667. The summed E-state index contributed by atoms with van der Waals surface area (Å²) in [5.41, 5.74) is 1.37. The molecule has 0 radical (unpaired) electrons. The standard InChI is InChI=1S/C18H28N2O2.2ClH/c1-3-22-18-13-15(6-7-17(18)21-2)16(12-14-4-5-14)20-10-8-19-9-11-20;;/h6-7,13-14,16,19H,3-5,8-12H2,1-2H3;2*1H/t16-;;/m1../s1. The Bertz CT molecular complexity index is 492. The number of hydrogen-bond acceptors (Lipinski definition) is 4. The molecule has 3 rings (SSSR count). The lowest BCUT2D eigenvalue weighted by Crippen LogP contribution is -2.45. The second-order valence-electron chi connectivity index (χ2n) is 6.32. The van der Waals surface area contributed by atoms with Crippen molar-refractivity contribution in [3.8, 4) is 11.5 Å². The van der Waals surface area contributed by atoms with Crippen LogP contribution < -0.4 is 14.8 Å². The SMILES string of the molecule is CCOc1cc([C@@H](CC2CC2)N2CCNCC2)ccc1OC.Cl.Cl. The quantitative estimate of drug-likeness (QED) is 0.786. The lowest BCUT2D eigenvalue weighted by Gasteiger charge is -2.35. The summed E-state index contributed by atoms with van der Waals surface area (Å²) >= 11 is 0. The molecule has 1 saturated heterocycles. The van der Waals surface area contributed by atoms with E-state index >= 15 is 0 Å². The summed E-state index contributed by atoms with van der Waals surface area (Å²) in [6.07, 6.45) is 4.08. The van der Waals surface area contributed by atoms with Crippen molar-refractivity contribution in [2.45, 2.75) is 32.2 Å². The van der Waals surface area contributed by atoms with Gasteiger partial charge in [0.25, 0.3) is 0 Å². The van der Waals surface area contributed by atoms with Gasteiger partial charge in [-0.1, -0.05) is 18.9 Å². The third-order valence-corrected chi connectivity index (χ3v) is 4.72. The summed E-state index contributed by atoms with van der Waals surface area (Å²) in [7, 11) is 1.70. The number of benzene rings is 1. The lowest BCUT2D eigenvalue weighted by molar-refractivity contribution is 0.160. The largest absolute Gasteiger partial charge is 0.493 e. The van der Waals surface area contributed by atoms with E-state index < -0.39 is 0 Å². The molecule has 0 amide bonds. The first kappa shape index (κ1) is 21.4. The van der Waals surface area contributed by atoms with E-state index in [1.165, 1.54) is 24.8 Å². The maximum atomic E-state index is 5.77. The van der Waals surface area contributed by atoms with Crippen LogP contribution in [0.1, 0.15) is 37.8 Å². The molecule has 1 N–H and O–H groups in total. The zero-order valence-corrected chi connectivity index (χ0v) is 16.3. The Morgan fingerprint density at radius 3 is 2.46 bits per heavy atom. The van der Waals surface area contributed by atoms with Crippen molar-refractivity contribution in [3.05, 3.63) is 23.8 Å². The van der Waals surface area contributed by atoms with E-state index in [0.717, 1.165) is 43.6 Å². The van der Waals surface area contributed by atoms with Crippen LogP contribution >= 0.6 is 24.8 Å². The van der Waals surface area contributed by atoms with Crippen LogP contribution in [0.5, 0.6) is 11.5 Å². The van der Waals surface area contributed by atoms with Crippen molar-refractivity contribution < 1.29 is 9.47 Å². The van der Waals surface area contributed by atoms with Gasteiger partial charge in [-0.2, -0.15) is 0 Å². The number of ether oxygens (including phenoxy) is 2. The van der Waals surface area contributed by atoms with E-state index in [4.69, 9.17) is 9.47 Å². The summed E-state index contributed by atoms with van der Waals surface area (Å²) in [6, 6.07) is 6.98. The number of nitrogens with one attached hydrogen (secondary N) is 1. The molecule has 2 aliphatic rings. The Hall–Kier alpha value is -0.680. The Morgan fingerprint density at radius 1 is 1.17 bits per heavy atom. The average Bonchev–Trinajstić information content (AvgIpc) is 3.38. The molecular weight excluding hydrogens is 347 g/mol. The van der Waals surface area contributed by atoms with E-state index in [1.807, 2.05) is 6.92 Å². The third-order valence-electron chi connectivity index (χ3n) is 4.72. The molecule has 1 aromatic carbocycles. The first-order valence-electron chi connectivity index (χ1n) is 8.57. The third kappa shape index (κ3) is 5.41. The van der Waals surface area contributed by atoms with Crippen molar-refractivity contribution in [2.75, 3.05) is 39.9 Å². The number of piperazine rings is 1. The molecule has 1 atom stereocenters. The van der Waals surface area contributed by atoms with Gasteiger partial charge < -0.3 is 14.8 Å². The van der Waals surface area contributed by atoms with Gasteiger partial charge >= 0.3 is 0 Å². The first-order valence-corrected chi connectivity index (χ1v) is 8.57. The Balaban J connectivity index is 0.00000144. The van der Waals surface area contributed by atoms with Crippen LogP contribution in [0.2, 0.25) is 0 Å². The summed E-state index contributed by atoms with van der Waals surface area (Å²) in [4.78, 5) is 2.63. The summed E-state index contributed by atoms with van der Waals surface area (Å²) in [5.74, 6) is 2.62. The maximum Gasteiger partial charge on any atom is 0.161 e. The molecule has 1 aromatic rings. The van der Waals surface area contributed by atoms with Gasteiger partial charge in [0.15, 0.2) is 11.5 Å². The van der Waals surface area contributed by atoms with Crippen LogP contribution in [0.25, 0.3) is 0 Å². The number of rotatable bonds is 7. The van der Waals surface area contributed by atoms with E-state index in [0.29, 0.717) is 12.6 Å². The fourth-order valence-corrected chi connectivity index (χ4v) is 3.33. The van der Waals surface area contributed by atoms with Gasteiger partial charge in [-0.3, -0.25) is 4.90 Å². The summed E-state index contributed by atoms with van der Waals surface area (Å²) in [6.45, 7) is 7.14. The van der Waals surface area contributed by atoms with E-state index in [1.54, 1.807) is 7.11 Å². The van der Waals surface area contributed by atoms with E-state index in [9.17, 15) is 0 Å². The highest BCUT2D eigenvalue weighted by molar-refractivity contribution is 5.85. The molecule has 0 aromatic heterocycles. The molecule has 0 spiro atoms. The number of halogens is 2. The average molecular weight is 377 g/mol. The van der Waals surface area contributed by atoms with Gasteiger partial charge in [0.1, 0.15) is 0 Å². The van der Waals surface area contributed by atoms with Gasteiger partial charge in [0.2, 0.25) is 0 Å². The fourth-order valence-electron chi connectivity index (χ4n) is 3.33. The highest BCUT2D eigenvalue weighted by atomic mass is 35.5. The molecule has 6 heteroatoms. The number of methoxy groups -OCH3 is 1. The molecule has 4 nitrogen and oxygen atoms in total. The van der Waals surface area contributed by atoms with Gasteiger partial charge in [0.05, 0.1) is 13.7 Å². The molecule has 1 aliphatic heterocycles. The minimum atomic E-state index is 0. The van der Waals surface area contributed by atoms with Crippen LogP contribution in [-0.2, 0) is 0 Å². The monoisotopic (exact) mass is 376 g/mol. The molecule has 138 valence electrons. The lowest BCUT2D eigenvalue weighted by atomic mass is 9.98. The van der Waals surface area contributed by atoms with Gasteiger partial charge in [-0.15, -0.1) is 24.8 Å². The smallest absolute Gasteiger partial charge is 0.161 e. The van der Waals surface area contributed by atoms with Gasteiger partial charge in [-0.05, 0) is 37.0 Å². The molecule has 1 aliphatic carbocycles. The second kappa shape index (κ2) is 10.3. The van der Waals surface area contributed by atoms with Crippen LogP contribution in [0.3, 0.4) is 0 Å². The number of nitrogens with zero attached hydrogens (tertiary/aromatic N) is 1. The zero-order valence-electron chi connectivity index (χ0n) is 14.6. The van der Waals surface area contributed by atoms with Crippen molar-refractivity contribution in [1.82, 2.24) is 10.2 Å². The molecular formula is C18H30Cl2N2O2. The Kier molecular flexibility index (Phi) is 9.21. The normalized spacial score (nSPS) is 18.9. The topological polar surface area (TPSA) is 33.7 Å². The molecule has 2 fully saturated rings. The predicted octanol–water partition coefficient (Wildman–Crippen LogP) is 3.68. The number of hydrogen-bond donors (Lipinski definition) is 1. The summed E-state index contributed by atoms with van der Waals surface area (Å²) < 4.78 is 11.2. The van der Waals surface area contributed by atoms with Crippen molar-refractivity contribution in [2.24, 2.45) is 5.92 Å². The molecule has 1 heterocycles. The first-order chi connectivity index (χ1) is 10.8. The minimum Gasteiger partial charge on any atom is -0.493 e. The van der Waals surface area contributed by atoms with Crippen molar-refractivity contribution >= 4 is 24.8 Å². The Labute approximate surface area is 158 Å².